The molecule has 3 nitrogen and oxygen atoms in total. The van der Waals surface area contributed by atoms with Crippen molar-refractivity contribution in [3.05, 3.63) is 0 Å². The highest BCUT2D eigenvalue weighted by Gasteiger charge is 2.36. The molecule has 1 saturated heterocycles. The van der Waals surface area contributed by atoms with Gasteiger partial charge in [0.15, 0.2) is 0 Å². The van der Waals surface area contributed by atoms with E-state index in [1.165, 1.54) is 0 Å². The molecule has 14 heavy (non-hydrogen) atoms. The summed E-state index contributed by atoms with van der Waals surface area (Å²) in [5, 5.41) is 3.24. The van der Waals surface area contributed by atoms with E-state index in [-0.39, 0.29) is 11.4 Å². The number of hydrogen-bond donors (Lipinski definition) is 1. The Balaban J connectivity index is 2.41. The zero-order chi connectivity index (χ0) is 10.6. The molecule has 0 spiro atoms. The van der Waals surface area contributed by atoms with E-state index in [2.05, 4.69) is 19.2 Å². The molecule has 1 N–H and O–H groups in total. The minimum atomic E-state index is -0.298. The summed E-state index contributed by atoms with van der Waals surface area (Å²) in [5.74, 6) is 0.373. The fourth-order valence-electron chi connectivity index (χ4n) is 1.65. The lowest BCUT2D eigenvalue weighted by molar-refractivity contribution is -0.157. The van der Waals surface area contributed by atoms with Gasteiger partial charge in [-0.25, -0.2) is 0 Å². The van der Waals surface area contributed by atoms with Crippen LogP contribution in [0.5, 0.6) is 0 Å². The molecule has 3 heteroatoms. The summed E-state index contributed by atoms with van der Waals surface area (Å²) in [4.78, 5) is 11.8. The van der Waals surface area contributed by atoms with Crippen LogP contribution in [0.2, 0.25) is 0 Å². The molecule has 0 saturated carbocycles. The fourth-order valence-corrected chi connectivity index (χ4v) is 1.65. The second kappa shape index (κ2) is 4.78. The first-order chi connectivity index (χ1) is 6.54. The molecule has 1 aliphatic rings. The minimum absolute atomic E-state index is 0.0431. The summed E-state index contributed by atoms with van der Waals surface area (Å²) in [6.07, 6.45) is 2.00. The standard InChI is InChI=1S/C11H21NO2/c1-9(2)7-14-10(13)11(3)5-4-6-12-8-11/h9,12H,4-8H2,1-3H3. The molecule has 0 radical (unpaired) electrons. The Hall–Kier alpha value is -0.570. The Kier molecular flexibility index (Phi) is 3.93. The molecule has 0 bridgehead atoms. The summed E-state index contributed by atoms with van der Waals surface area (Å²) in [5.41, 5.74) is -0.298. The van der Waals surface area contributed by atoms with Gasteiger partial charge in [-0.3, -0.25) is 4.79 Å². The van der Waals surface area contributed by atoms with Crippen molar-refractivity contribution in [2.24, 2.45) is 11.3 Å². The monoisotopic (exact) mass is 199 g/mol. The average Bonchev–Trinajstić information content (AvgIpc) is 2.15. The molecule has 0 aliphatic carbocycles. The molecule has 82 valence electrons. The number of carbonyl (C=O) groups excluding carboxylic acids is 1. The summed E-state index contributed by atoms with van der Waals surface area (Å²) in [6.45, 7) is 8.40. The zero-order valence-corrected chi connectivity index (χ0v) is 9.43. The smallest absolute Gasteiger partial charge is 0.313 e. The van der Waals surface area contributed by atoms with Gasteiger partial charge in [0.1, 0.15) is 0 Å². The van der Waals surface area contributed by atoms with Crippen molar-refractivity contribution in [2.45, 2.75) is 33.6 Å². The normalized spacial score (nSPS) is 27.7. The summed E-state index contributed by atoms with van der Waals surface area (Å²) >= 11 is 0. The third-order valence-electron chi connectivity index (χ3n) is 2.64. The van der Waals surface area contributed by atoms with E-state index in [1.54, 1.807) is 0 Å². The molecule has 0 aromatic carbocycles. The van der Waals surface area contributed by atoms with Crippen molar-refractivity contribution in [2.75, 3.05) is 19.7 Å². The summed E-state index contributed by atoms with van der Waals surface area (Å²) < 4.78 is 5.27. The van der Waals surface area contributed by atoms with Crippen LogP contribution in [-0.2, 0) is 9.53 Å². The van der Waals surface area contributed by atoms with Crippen LogP contribution >= 0.6 is 0 Å². The largest absolute Gasteiger partial charge is 0.465 e. The van der Waals surface area contributed by atoms with E-state index in [9.17, 15) is 4.79 Å². The number of rotatable bonds is 3. The molecule has 1 rings (SSSR count). The highest BCUT2D eigenvalue weighted by molar-refractivity contribution is 5.76. The second-order valence-electron chi connectivity index (χ2n) is 4.83. The Morgan fingerprint density at radius 2 is 2.29 bits per heavy atom. The van der Waals surface area contributed by atoms with Gasteiger partial charge in [-0.05, 0) is 32.2 Å². The number of esters is 1. The fraction of sp³-hybridized carbons (Fsp3) is 0.909. The Morgan fingerprint density at radius 1 is 1.57 bits per heavy atom. The molecule has 1 heterocycles. The molecule has 0 aromatic heterocycles. The number of carbonyl (C=O) groups is 1. The predicted molar refractivity (Wildman–Crippen MR) is 56.0 cm³/mol. The van der Waals surface area contributed by atoms with Gasteiger partial charge in [-0.15, -0.1) is 0 Å². The van der Waals surface area contributed by atoms with E-state index < -0.39 is 0 Å². The van der Waals surface area contributed by atoms with Crippen LogP contribution in [0, 0.1) is 11.3 Å². The first-order valence-corrected chi connectivity index (χ1v) is 5.42. The Labute approximate surface area is 86.2 Å². The van der Waals surface area contributed by atoms with Gasteiger partial charge < -0.3 is 10.1 Å². The number of piperidine rings is 1. The number of ether oxygens (including phenoxy) is 1. The maximum Gasteiger partial charge on any atom is 0.313 e. The quantitative estimate of drug-likeness (QED) is 0.701. The number of nitrogens with one attached hydrogen (secondary N) is 1. The first-order valence-electron chi connectivity index (χ1n) is 5.42. The minimum Gasteiger partial charge on any atom is -0.465 e. The maximum absolute atomic E-state index is 11.8. The van der Waals surface area contributed by atoms with Gasteiger partial charge in [0, 0.05) is 6.54 Å². The summed E-state index contributed by atoms with van der Waals surface area (Å²) in [6, 6.07) is 0. The van der Waals surface area contributed by atoms with E-state index >= 15 is 0 Å². The molecule has 1 aliphatic heterocycles. The molecule has 0 amide bonds. The van der Waals surface area contributed by atoms with Crippen LogP contribution in [0.15, 0.2) is 0 Å². The van der Waals surface area contributed by atoms with Crippen LogP contribution in [0.4, 0.5) is 0 Å². The molecular weight excluding hydrogens is 178 g/mol. The van der Waals surface area contributed by atoms with Gasteiger partial charge in [-0.1, -0.05) is 13.8 Å². The van der Waals surface area contributed by atoms with E-state index in [4.69, 9.17) is 4.74 Å². The van der Waals surface area contributed by atoms with Gasteiger partial charge in [0.2, 0.25) is 0 Å². The lowest BCUT2D eigenvalue weighted by Gasteiger charge is -2.31. The van der Waals surface area contributed by atoms with Crippen molar-refractivity contribution in [3.63, 3.8) is 0 Å². The molecule has 1 atom stereocenters. The third-order valence-corrected chi connectivity index (χ3v) is 2.64. The van der Waals surface area contributed by atoms with E-state index in [1.807, 2.05) is 6.92 Å². The van der Waals surface area contributed by atoms with Crippen LogP contribution < -0.4 is 5.32 Å². The van der Waals surface area contributed by atoms with Gasteiger partial charge >= 0.3 is 5.97 Å². The van der Waals surface area contributed by atoms with E-state index in [0.717, 1.165) is 25.9 Å². The van der Waals surface area contributed by atoms with Gasteiger partial charge in [0.05, 0.1) is 12.0 Å². The third kappa shape index (κ3) is 2.98. The maximum atomic E-state index is 11.8. The Bertz CT molecular complexity index is 195. The van der Waals surface area contributed by atoms with Crippen LogP contribution in [0.1, 0.15) is 33.6 Å². The molecule has 1 unspecified atom stereocenters. The SMILES string of the molecule is CC(C)COC(=O)C1(C)CCCNC1. The van der Waals surface area contributed by atoms with Gasteiger partial charge in [0.25, 0.3) is 0 Å². The van der Waals surface area contributed by atoms with Crippen LogP contribution in [-0.4, -0.2) is 25.7 Å². The Morgan fingerprint density at radius 3 is 2.79 bits per heavy atom. The molecule has 1 fully saturated rings. The lowest BCUT2D eigenvalue weighted by atomic mass is 9.83. The summed E-state index contributed by atoms with van der Waals surface area (Å²) in [7, 11) is 0. The zero-order valence-electron chi connectivity index (χ0n) is 9.43. The van der Waals surface area contributed by atoms with Crippen LogP contribution in [0.25, 0.3) is 0 Å². The molecular formula is C11H21NO2. The lowest BCUT2D eigenvalue weighted by Crippen LogP contribution is -2.44. The first kappa shape index (κ1) is 11.5. The van der Waals surface area contributed by atoms with Crippen molar-refractivity contribution in [1.29, 1.82) is 0 Å². The van der Waals surface area contributed by atoms with Crippen molar-refractivity contribution in [1.82, 2.24) is 5.32 Å². The average molecular weight is 199 g/mol. The van der Waals surface area contributed by atoms with Crippen LogP contribution in [0.3, 0.4) is 0 Å². The topological polar surface area (TPSA) is 38.3 Å². The number of hydrogen-bond acceptors (Lipinski definition) is 3. The predicted octanol–water partition coefficient (Wildman–Crippen LogP) is 1.58. The second-order valence-corrected chi connectivity index (χ2v) is 4.83. The van der Waals surface area contributed by atoms with Crippen molar-refractivity contribution >= 4 is 5.97 Å². The molecule has 0 aromatic rings. The highest BCUT2D eigenvalue weighted by Crippen LogP contribution is 2.27. The highest BCUT2D eigenvalue weighted by atomic mass is 16.5. The van der Waals surface area contributed by atoms with Gasteiger partial charge in [-0.2, -0.15) is 0 Å². The van der Waals surface area contributed by atoms with E-state index in [0.29, 0.717) is 12.5 Å². The van der Waals surface area contributed by atoms with Crippen molar-refractivity contribution in [3.8, 4) is 0 Å². The van der Waals surface area contributed by atoms with Crippen molar-refractivity contribution < 1.29 is 9.53 Å².